The van der Waals surface area contributed by atoms with Gasteiger partial charge in [-0.15, -0.1) is 0 Å². The van der Waals surface area contributed by atoms with E-state index in [9.17, 15) is 9.59 Å². The highest BCUT2D eigenvalue weighted by atomic mass is 16.2. The number of fused-ring (bicyclic) bond motifs is 2. The summed E-state index contributed by atoms with van der Waals surface area (Å²) in [4.78, 5) is 30.8. The molecular weight excluding hydrogens is 518 g/mol. The van der Waals surface area contributed by atoms with E-state index >= 15 is 0 Å². The van der Waals surface area contributed by atoms with Gasteiger partial charge in [0.1, 0.15) is 0 Å². The molecule has 0 aliphatic carbocycles. The number of hydrogen-bond acceptors (Lipinski definition) is 3. The summed E-state index contributed by atoms with van der Waals surface area (Å²) in [5.41, 5.74) is 4.75. The molecule has 0 aromatic heterocycles. The first-order valence-electron chi connectivity index (χ1n) is 15.9. The van der Waals surface area contributed by atoms with Gasteiger partial charge in [0.2, 0.25) is 5.91 Å². The van der Waals surface area contributed by atoms with Gasteiger partial charge in [-0.05, 0) is 73.0 Å². The van der Waals surface area contributed by atoms with Gasteiger partial charge in [-0.1, -0.05) is 102 Å². The van der Waals surface area contributed by atoms with Crippen LogP contribution in [0.2, 0.25) is 0 Å². The third-order valence-electron chi connectivity index (χ3n) is 7.85. The van der Waals surface area contributed by atoms with Gasteiger partial charge in [0.25, 0.3) is 5.91 Å². The standard InChI is InChI=1S/C37H49N3O2/c1-28(2)26-39(27-29(3)4)24-14-8-6-5-7-9-15-30-20-22-31(23-21-30)25-36(41)40-34-18-12-10-16-32(34)37(42)38-33-17-11-13-19-35(33)40/h10-13,16-23,28-29H,5-9,14-15,24-27H2,1-4H3,(H,38,42). The van der Waals surface area contributed by atoms with Crippen LogP contribution in [-0.2, 0) is 17.6 Å². The average Bonchev–Trinajstić information content (AvgIpc) is 3.08. The summed E-state index contributed by atoms with van der Waals surface area (Å²) in [5, 5.41) is 2.95. The van der Waals surface area contributed by atoms with Crippen LogP contribution >= 0.6 is 0 Å². The largest absolute Gasteiger partial charge is 0.320 e. The van der Waals surface area contributed by atoms with Crippen LogP contribution in [0.1, 0.15) is 87.7 Å². The number of anilines is 3. The number of hydrogen-bond donors (Lipinski definition) is 1. The third-order valence-corrected chi connectivity index (χ3v) is 7.85. The molecule has 0 spiro atoms. The van der Waals surface area contributed by atoms with Crippen LogP contribution in [0.15, 0.2) is 72.8 Å². The van der Waals surface area contributed by atoms with Crippen molar-refractivity contribution in [3.8, 4) is 0 Å². The molecule has 3 aromatic carbocycles. The maximum absolute atomic E-state index is 13.7. The summed E-state index contributed by atoms with van der Waals surface area (Å²) in [6.45, 7) is 12.9. The van der Waals surface area contributed by atoms with Crippen LogP contribution in [-0.4, -0.2) is 36.3 Å². The van der Waals surface area contributed by atoms with Crippen molar-refractivity contribution in [1.82, 2.24) is 4.90 Å². The molecule has 0 bridgehead atoms. The molecule has 224 valence electrons. The van der Waals surface area contributed by atoms with Crippen molar-refractivity contribution in [1.29, 1.82) is 0 Å². The summed E-state index contributed by atoms with van der Waals surface area (Å²) in [7, 11) is 0. The van der Waals surface area contributed by atoms with Gasteiger partial charge < -0.3 is 10.2 Å². The van der Waals surface area contributed by atoms with Gasteiger partial charge in [-0.25, -0.2) is 0 Å². The van der Waals surface area contributed by atoms with E-state index in [2.05, 4.69) is 62.2 Å². The number of benzene rings is 3. The van der Waals surface area contributed by atoms with Crippen molar-refractivity contribution in [3.05, 3.63) is 89.5 Å². The summed E-state index contributed by atoms with van der Waals surface area (Å²) in [6.07, 6.45) is 9.07. The SMILES string of the molecule is CC(C)CN(CCCCCCCCc1ccc(CC(=O)N2c3ccccc3NC(=O)c3ccccc32)cc1)CC(C)C. The minimum atomic E-state index is -0.201. The Hall–Kier alpha value is -3.44. The normalized spacial score (nSPS) is 12.8. The van der Waals surface area contributed by atoms with E-state index < -0.39 is 0 Å². The van der Waals surface area contributed by atoms with Crippen LogP contribution in [0.4, 0.5) is 17.1 Å². The Kier molecular flexibility index (Phi) is 11.8. The first kappa shape index (κ1) is 31.5. The molecule has 1 aliphatic rings. The molecule has 5 nitrogen and oxygen atoms in total. The van der Waals surface area contributed by atoms with E-state index in [4.69, 9.17) is 0 Å². The number of amides is 2. The fourth-order valence-electron chi connectivity index (χ4n) is 5.96. The fraction of sp³-hybridized carbons (Fsp3) is 0.459. The van der Waals surface area contributed by atoms with Crippen molar-refractivity contribution in [3.63, 3.8) is 0 Å². The second-order valence-corrected chi connectivity index (χ2v) is 12.6. The Morgan fingerprint density at radius 2 is 1.29 bits per heavy atom. The smallest absolute Gasteiger partial charge is 0.257 e. The van der Waals surface area contributed by atoms with Crippen molar-refractivity contribution < 1.29 is 9.59 Å². The summed E-state index contributed by atoms with van der Waals surface area (Å²) in [6, 6.07) is 23.3. The van der Waals surface area contributed by atoms with E-state index in [1.165, 1.54) is 63.7 Å². The molecule has 3 aromatic rings. The summed E-state index contributed by atoms with van der Waals surface area (Å²) < 4.78 is 0. The van der Waals surface area contributed by atoms with Crippen LogP contribution in [0, 0.1) is 11.8 Å². The molecule has 0 atom stereocenters. The maximum Gasteiger partial charge on any atom is 0.257 e. The van der Waals surface area contributed by atoms with E-state index in [0.717, 1.165) is 23.8 Å². The Morgan fingerprint density at radius 3 is 1.98 bits per heavy atom. The Balaban J connectivity index is 1.23. The molecule has 2 amide bonds. The highest BCUT2D eigenvalue weighted by Gasteiger charge is 2.28. The van der Waals surface area contributed by atoms with E-state index in [1.54, 1.807) is 11.0 Å². The zero-order chi connectivity index (χ0) is 29.9. The molecule has 0 unspecified atom stereocenters. The number of nitrogens with zero attached hydrogens (tertiary/aromatic N) is 2. The Morgan fingerprint density at radius 1 is 0.714 bits per heavy atom. The number of nitrogens with one attached hydrogen (secondary N) is 1. The number of rotatable bonds is 15. The van der Waals surface area contributed by atoms with E-state index in [1.807, 2.05) is 42.5 Å². The molecule has 0 radical (unpaired) electrons. The van der Waals surface area contributed by atoms with Crippen LogP contribution in [0.5, 0.6) is 0 Å². The summed E-state index contributed by atoms with van der Waals surface area (Å²) in [5.74, 6) is 1.21. The van der Waals surface area contributed by atoms with Crippen molar-refractivity contribution in [2.45, 2.75) is 79.1 Å². The van der Waals surface area contributed by atoms with E-state index in [0.29, 0.717) is 22.6 Å². The molecule has 4 rings (SSSR count). The fourth-order valence-corrected chi connectivity index (χ4v) is 5.96. The molecule has 0 saturated heterocycles. The number of carbonyl (C=O) groups excluding carboxylic acids is 2. The van der Waals surface area contributed by atoms with Crippen molar-refractivity contribution in [2.24, 2.45) is 11.8 Å². The van der Waals surface area contributed by atoms with Crippen LogP contribution < -0.4 is 10.2 Å². The Labute approximate surface area is 253 Å². The average molecular weight is 568 g/mol. The molecule has 0 fully saturated rings. The minimum Gasteiger partial charge on any atom is -0.320 e. The number of aryl methyl sites for hydroxylation is 1. The quantitative estimate of drug-likeness (QED) is 0.187. The zero-order valence-corrected chi connectivity index (χ0v) is 26.1. The van der Waals surface area contributed by atoms with Gasteiger partial charge in [-0.2, -0.15) is 0 Å². The highest BCUT2D eigenvalue weighted by Crippen LogP contribution is 2.38. The second-order valence-electron chi connectivity index (χ2n) is 12.6. The molecule has 1 aliphatic heterocycles. The summed E-state index contributed by atoms with van der Waals surface area (Å²) >= 11 is 0. The van der Waals surface area contributed by atoms with Gasteiger partial charge >= 0.3 is 0 Å². The minimum absolute atomic E-state index is 0.0596. The van der Waals surface area contributed by atoms with Crippen molar-refractivity contribution >= 4 is 28.9 Å². The first-order chi connectivity index (χ1) is 20.3. The lowest BCUT2D eigenvalue weighted by Gasteiger charge is -2.26. The lowest BCUT2D eigenvalue weighted by Crippen LogP contribution is -2.32. The monoisotopic (exact) mass is 567 g/mol. The predicted molar refractivity (Wildman–Crippen MR) is 176 cm³/mol. The predicted octanol–water partition coefficient (Wildman–Crippen LogP) is 8.66. The molecular formula is C37H49N3O2. The topological polar surface area (TPSA) is 52.7 Å². The highest BCUT2D eigenvalue weighted by molar-refractivity contribution is 6.17. The molecule has 1 heterocycles. The van der Waals surface area contributed by atoms with Crippen molar-refractivity contribution in [2.75, 3.05) is 29.9 Å². The number of unbranched alkanes of at least 4 members (excludes halogenated alkanes) is 5. The van der Waals surface area contributed by atoms with E-state index in [-0.39, 0.29) is 18.2 Å². The molecule has 42 heavy (non-hydrogen) atoms. The lowest BCUT2D eigenvalue weighted by molar-refractivity contribution is -0.117. The second kappa shape index (κ2) is 15.7. The number of para-hydroxylation sites is 3. The van der Waals surface area contributed by atoms with Gasteiger partial charge in [0.05, 0.1) is 29.0 Å². The molecule has 1 N–H and O–H groups in total. The molecule has 0 saturated carbocycles. The van der Waals surface area contributed by atoms with Gasteiger partial charge in [-0.3, -0.25) is 14.5 Å². The molecule has 5 heteroatoms. The zero-order valence-electron chi connectivity index (χ0n) is 26.1. The number of carbonyl (C=O) groups is 2. The van der Waals surface area contributed by atoms with Crippen LogP contribution in [0.3, 0.4) is 0 Å². The first-order valence-corrected chi connectivity index (χ1v) is 15.9. The van der Waals surface area contributed by atoms with Gasteiger partial charge in [0, 0.05) is 13.1 Å². The maximum atomic E-state index is 13.7. The lowest BCUT2D eigenvalue weighted by atomic mass is 10.0. The third kappa shape index (κ3) is 9.03. The Bertz CT molecular complexity index is 1290. The van der Waals surface area contributed by atoms with Gasteiger partial charge in [0.15, 0.2) is 0 Å². The van der Waals surface area contributed by atoms with Crippen LogP contribution in [0.25, 0.3) is 0 Å².